The zero-order chi connectivity index (χ0) is 17.6. The molecule has 6 nitrogen and oxygen atoms in total. The lowest BCUT2D eigenvalue weighted by atomic mass is 10.1. The number of carbonyl (C=O) groups excluding carboxylic acids is 1. The van der Waals surface area contributed by atoms with Crippen molar-refractivity contribution < 1.29 is 13.6 Å². The molecule has 1 fully saturated rings. The Morgan fingerprint density at radius 3 is 2.72 bits per heavy atom. The largest absolute Gasteiger partial charge is 0.364 e. The molecule has 1 aliphatic rings. The van der Waals surface area contributed by atoms with Crippen LogP contribution in [0.5, 0.6) is 0 Å². The monoisotopic (exact) mass is 343 g/mol. The maximum Gasteiger partial charge on any atom is 0.272 e. The van der Waals surface area contributed by atoms with Crippen molar-refractivity contribution in [2.75, 3.05) is 13.1 Å². The van der Waals surface area contributed by atoms with E-state index in [1.54, 1.807) is 34.1 Å². The van der Waals surface area contributed by atoms with Crippen LogP contribution in [-0.2, 0) is 6.54 Å². The summed E-state index contributed by atoms with van der Waals surface area (Å²) in [6.07, 6.45) is 3.25. The fraction of sp³-hybridized carbons (Fsp3) is 0.235. The summed E-state index contributed by atoms with van der Waals surface area (Å²) in [6.45, 7) is -0.0974. The fourth-order valence-corrected chi connectivity index (χ4v) is 3.10. The van der Waals surface area contributed by atoms with E-state index in [1.165, 1.54) is 0 Å². The highest BCUT2D eigenvalue weighted by Gasteiger charge is 2.43. The number of halogens is 2. The van der Waals surface area contributed by atoms with E-state index >= 15 is 0 Å². The molecule has 0 bridgehead atoms. The lowest BCUT2D eigenvalue weighted by Gasteiger charge is -2.38. The van der Waals surface area contributed by atoms with E-state index in [0.29, 0.717) is 17.6 Å². The first kappa shape index (κ1) is 15.6. The second kappa shape index (κ2) is 5.59. The predicted molar refractivity (Wildman–Crippen MR) is 87.6 cm³/mol. The summed E-state index contributed by atoms with van der Waals surface area (Å²) in [7, 11) is 0. The first-order chi connectivity index (χ1) is 11.9. The second-order valence-electron chi connectivity index (χ2n) is 6.19. The minimum atomic E-state index is -2.60. The number of nitrogens with zero attached hydrogens (tertiary/aromatic N) is 4. The maximum atomic E-state index is 13.0. The van der Waals surface area contributed by atoms with Crippen LogP contribution in [0.15, 0.2) is 42.7 Å². The van der Waals surface area contributed by atoms with Crippen LogP contribution in [0.2, 0.25) is 0 Å². The van der Waals surface area contributed by atoms with Crippen molar-refractivity contribution in [2.45, 2.75) is 12.5 Å². The molecule has 1 amide bonds. The summed E-state index contributed by atoms with van der Waals surface area (Å²) in [5.74, 6) is -3.21. The number of likely N-dealkylation sites (tertiary alicyclic amines) is 1. The average molecular weight is 343 g/mol. The molecule has 1 aliphatic heterocycles. The second-order valence-corrected chi connectivity index (χ2v) is 6.19. The molecule has 128 valence electrons. The Balaban J connectivity index is 1.70. The van der Waals surface area contributed by atoms with Gasteiger partial charge in [0.25, 0.3) is 11.8 Å². The Kier molecular flexibility index (Phi) is 3.50. The Hall–Kier alpha value is -2.87. The number of benzene rings is 1. The average Bonchev–Trinajstić information content (AvgIpc) is 2.93. The van der Waals surface area contributed by atoms with Crippen LogP contribution < -0.4 is 5.73 Å². The van der Waals surface area contributed by atoms with Gasteiger partial charge in [0.05, 0.1) is 30.5 Å². The van der Waals surface area contributed by atoms with Crippen molar-refractivity contribution >= 4 is 16.8 Å². The molecule has 8 heteroatoms. The van der Waals surface area contributed by atoms with Gasteiger partial charge in [0, 0.05) is 18.1 Å². The Labute approximate surface area is 141 Å². The predicted octanol–water partition coefficient (Wildman–Crippen LogP) is 1.97. The number of hydrogen-bond donors (Lipinski definition) is 1. The molecule has 0 atom stereocenters. The number of amides is 1. The molecular weight excluding hydrogens is 328 g/mol. The van der Waals surface area contributed by atoms with Gasteiger partial charge in [-0.1, -0.05) is 18.2 Å². The molecule has 0 aliphatic carbocycles. The van der Waals surface area contributed by atoms with Crippen LogP contribution in [0.4, 0.5) is 8.78 Å². The lowest BCUT2D eigenvalue weighted by Crippen LogP contribution is -2.55. The van der Waals surface area contributed by atoms with E-state index in [9.17, 15) is 13.6 Å². The number of aromatic nitrogens is 3. The zero-order valence-corrected chi connectivity index (χ0v) is 13.2. The fourth-order valence-electron chi connectivity index (χ4n) is 3.10. The number of pyridine rings is 1. The number of primary amides is 1. The molecule has 1 saturated heterocycles. The van der Waals surface area contributed by atoms with Crippen molar-refractivity contribution in [1.82, 2.24) is 19.7 Å². The summed E-state index contributed by atoms with van der Waals surface area (Å²) in [5.41, 5.74) is 7.77. The Morgan fingerprint density at radius 1 is 1.24 bits per heavy atom. The summed E-state index contributed by atoms with van der Waals surface area (Å²) in [5, 5.41) is 4.96. The highest BCUT2D eigenvalue weighted by Crippen LogP contribution is 2.28. The van der Waals surface area contributed by atoms with Crippen LogP contribution in [-0.4, -0.2) is 44.6 Å². The molecule has 0 radical (unpaired) electrons. The minimum Gasteiger partial charge on any atom is -0.364 e. The van der Waals surface area contributed by atoms with Gasteiger partial charge in [0.15, 0.2) is 5.69 Å². The molecule has 0 spiro atoms. The molecule has 3 aromatic rings. The number of nitrogens with two attached hydrogens (primary N) is 1. The van der Waals surface area contributed by atoms with E-state index < -0.39 is 11.8 Å². The third kappa shape index (κ3) is 2.85. The summed E-state index contributed by atoms with van der Waals surface area (Å²) < 4.78 is 27.5. The van der Waals surface area contributed by atoms with Gasteiger partial charge >= 0.3 is 0 Å². The van der Waals surface area contributed by atoms with E-state index in [-0.39, 0.29) is 18.8 Å². The SMILES string of the molecule is NC(=O)c1nn(-c2cncc(CN3CC(F)(F)C3)c2)c2ccccc12. The number of alkyl halides is 2. The number of carbonyl (C=O) groups is 1. The van der Waals surface area contributed by atoms with Crippen molar-refractivity contribution in [3.63, 3.8) is 0 Å². The van der Waals surface area contributed by atoms with Crippen molar-refractivity contribution in [1.29, 1.82) is 0 Å². The van der Waals surface area contributed by atoms with Crippen LogP contribution in [0, 0.1) is 0 Å². The van der Waals surface area contributed by atoms with E-state index in [0.717, 1.165) is 11.1 Å². The van der Waals surface area contributed by atoms with Gasteiger partial charge in [0.2, 0.25) is 0 Å². The standard InChI is InChI=1S/C17H15F2N5O/c18-17(19)9-23(10-17)8-11-5-12(7-21-6-11)24-14-4-2-1-3-13(14)15(22-24)16(20)25/h1-7H,8-10H2,(H2,20,25). The molecule has 0 saturated carbocycles. The van der Waals surface area contributed by atoms with Gasteiger partial charge in [-0.2, -0.15) is 5.10 Å². The van der Waals surface area contributed by atoms with Crippen molar-refractivity contribution in [3.05, 3.63) is 54.0 Å². The summed E-state index contributed by atoms with van der Waals surface area (Å²) in [4.78, 5) is 17.5. The van der Waals surface area contributed by atoms with Gasteiger partial charge in [-0.15, -0.1) is 0 Å². The maximum absolute atomic E-state index is 13.0. The molecule has 0 unspecified atom stereocenters. The highest BCUT2D eigenvalue weighted by molar-refractivity contribution is 6.04. The minimum absolute atomic E-state index is 0.184. The van der Waals surface area contributed by atoms with Crippen LogP contribution in [0.25, 0.3) is 16.6 Å². The summed E-state index contributed by atoms with van der Waals surface area (Å²) in [6, 6.07) is 9.08. The van der Waals surface area contributed by atoms with Crippen LogP contribution in [0.3, 0.4) is 0 Å². The zero-order valence-electron chi connectivity index (χ0n) is 13.2. The third-order valence-electron chi connectivity index (χ3n) is 4.16. The first-order valence-electron chi connectivity index (χ1n) is 7.75. The van der Waals surface area contributed by atoms with Crippen molar-refractivity contribution in [3.8, 4) is 5.69 Å². The van der Waals surface area contributed by atoms with Gasteiger partial charge < -0.3 is 5.73 Å². The van der Waals surface area contributed by atoms with E-state index in [1.807, 2.05) is 18.2 Å². The Bertz CT molecular complexity index is 961. The van der Waals surface area contributed by atoms with Gasteiger partial charge in [0.1, 0.15) is 0 Å². The molecule has 1 aromatic carbocycles. The number of hydrogen-bond acceptors (Lipinski definition) is 4. The molecule has 25 heavy (non-hydrogen) atoms. The number of para-hydroxylation sites is 1. The number of fused-ring (bicyclic) bond motifs is 1. The van der Waals surface area contributed by atoms with Gasteiger partial charge in [-0.05, 0) is 17.7 Å². The molecule has 2 N–H and O–H groups in total. The van der Waals surface area contributed by atoms with Crippen molar-refractivity contribution in [2.24, 2.45) is 5.73 Å². The highest BCUT2D eigenvalue weighted by atomic mass is 19.3. The van der Waals surface area contributed by atoms with Crippen LogP contribution >= 0.6 is 0 Å². The normalized spacial score (nSPS) is 16.7. The van der Waals surface area contributed by atoms with Crippen LogP contribution in [0.1, 0.15) is 16.1 Å². The quantitative estimate of drug-likeness (QED) is 0.786. The third-order valence-corrected chi connectivity index (χ3v) is 4.16. The molecule has 3 heterocycles. The lowest BCUT2D eigenvalue weighted by molar-refractivity contribution is -0.133. The smallest absolute Gasteiger partial charge is 0.272 e. The molecule has 4 rings (SSSR count). The van der Waals surface area contributed by atoms with Gasteiger partial charge in [-0.3, -0.25) is 14.7 Å². The molecular formula is C17H15F2N5O. The Morgan fingerprint density at radius 2 is 2.00 bits per heavy atom. The number of rotatable bonds is 4. The topological polar surface area (TPSA) is 77.0 Å². The van der Waals surface area contributed by atoms with Gasteiger partial charge in [-0.25, -0.2) is 13.5 Å². The summed E-state index contributed by atoms with van der Waals surface area (Å²) >= 11 is 0. The first-order valence-corrected chi connectivity index (χ1v) is 7.75. The van der Waals surface area contributed by atoms with E-state index in [2.05, 4.69) is 10.1 Å². The molecule has 2 aromatic heterocycles. The van der Waals surface area contributed by atoms with E-state index in [4.69, 9.17) is 5.73 Å².